The Morgan fingerprint density at radius 2 is 2.05 bits per heavy atom. The van der Waals surface area contributed by atoms with Crippen LogP contribution in [0.2, 0.25) is 0 Å². The van der Waals surface area contributed by atoms with Crippen molar-refractivity contribution in [3.63, 3.8) is 0 Å². The van der Waals surface area contributed by atoms with Gasteiger partial charge in [-0.25, -0.2) is 4.39 Å². The van der Waals surface area contributed by atoms with Gasteiger partial charge in [0.2, 0.25) is 0 Å². The fourth-order valence-corrected chi connectivity index (χ4v) is 2.70. The first-order valence-corrected chi connectivity index (χ1v) is 6.36. The molecule has 0 spiro atoms. The number of rotatable bonds is 3. The van der Waals surface area contributed by atoms with Crippen LogP contribution in [-0.4, -0.2) is 18.9 Å². The predicted molar refractivity (Wildman–Crippen MR) is 68.4 cm³/mol. The Morgan fingerprint density at radius 3 is 2.63 bits per heavy atom. The minimum absolute atomic E-state index is 0.179. The first-order valence-electron chi connectivity index (χ1n) is 6.36. The van der Waals surface area contributed by atoms with E-state index in [1.165, 1.54) is 19.2 Å². The third-order valence-electron chi connectivity index (χ3n) is 3.51. The van der Waals surface area contributed by atoms with Gasteiger partial charge in [0.05, 0.1) is 7.11 Å². The van der Waals surface area contributed by atoms with Crippen molar-refractivity contribution >= 4 is 11.8 Å². The number of esters is 1. The quantitative estimate of drug-likeness (QED) is 0.623. The molecule has 0 amide bonds. The molecule has 4 heteroatoms. The zero-order chi connectivity index (χ0) is 14.2. The minimum Gasteiger partial charge on any atom is -0.468 e. The van der Waals surface area contributed by atoms with Gasteiger partial charge in [0.15, 0.2) is 5.78 Å². The van der Waals surface area contributed by atoms with Gasteiger partial charge in [-0.1, -0.05) is 19.9 Å². The lowest BCUT2D eigenvalue weighted by Crippen LogP contribution is -2.21. The number of benzene rings is 1. The highest BCUT2D eigenvalue weighted by Gasteiger charge is 2.44. The second-order valence-electron chi connectivity index (χ2n) is 5.31. The minimum atomic E-state index is -0.973. The van der Waals surface area contributed by atoms with Gasteiger partial charge in [0.25, 0.3) is 0 Å². The van der Waals surface area contributed by atoms with E-state index in [4.69, 9.17) is 0 Å². The summed E-state index contributed by atoms with van der Waals surface area (Å²) in [6, 6.07) is 4.22. The monoisotopic (exact) mass is 264 g/mol. The Morgan fingerprint density at radius 1 is 1.37 bits per heavy atom. The topological polar surface area (TPSA) is 43.4 Å². The zero-order valence-corrected chi connectivity index (χ0v) is 11.3. The Bertz CT molecular complexity index is 522. The molecule has 0 fully saturated rings. The number of carbonyl (C=O) groups is 2. The van der Waals surface area contributed by atoms with Crippen molar-refractivity contribution in [3.8, 4) is 0 Å². The van der Waals surface area contributed by atoms with Crippen molar-refractivity contribution in [2.24, 2.45) is 5.92 Å². The maximum Gasteiger partial charge on any atom is 0.320 e. The number of methoxy groups -OCH3 is 1. The molecular weight excluding hydrogens is 247 g/mol. The zero-order valence-electron chi connectivity index (χ0n) is 11.3. The van der Waals surface area contributed by atoms with Crippen molar-refractivity contribution < 1.29 is 18.7 Å². The summed E-state index contributed by atoms with van der Waals surface area (Å²) >= 11 is 0. The summed E-state index contributed by atoms with van der Waals surface area (Å²) in [6.45, 7) is 4.03. The molecule has 2 rings (SSSR count). The number of fused-ring (bicyclic) bond motifs is 1. The highest BCUT2D eigenvalue weighted by atomic mass is 19.1. The van der Waals surface area contributed by atoms with E-state index in [1.54, 1.807) is 6.07 Å². The van der Waals surface area contributed by atoms with E-state index < -0.39 is 17.7 Å². The molecule has 2 unspecified atom stereocenters. The van der Waals surface area contributed by atoms with Gasteiger partial charge < -0.3 is 4.74 Å². The normalized spacial score (nSPS) is 21.6. The van der Waals surface area contributed by atoms with Crippen LogP contribution in [0.3, 0.4) is 0 Å². The number of ether oxygens (including phenoxy) is 1. The summed E-state index contributed by atoms with van der Waals surface area (Å²) in [5, 5.41) is 0. The second-order valence-corrected chi connectivity index (χ2v) is 5.31. The first-order chi connectivity index (χ1) is 8.95. The first kappa shape index (κ1) is 13.7. The van der Waals surface area contributed by atoms with Crippen molar-refractivity contribution in [1.29, 1.82) is 0 Å². The van der Waals surface area contributed by atoms with Crippen LogP contribution in [0.1, 0.15) is 43.2 Å². The molecule has 0 bridgehead atoms. The molecule has 0 radical (unpaired) electrons. The smallest absolute Gasteiger partial charge is 0.320 e. The molecule has 0 saturated heterocycles. The third kappa shape index (κ3) is 2.39. The summed E-state index contributed by atoms with van der Waals surface area (Å²) < 4.78 is 18.0. The average molecular weight is 264 g/mol. The van der Waals surface area contributed by atoms with Gasteiger partial charge in [-0.2, -0.15) is 0 Å². The van der Waals surface area contributed by atoms with E-state index in [0.29, 0.717) is 17.9 Å². The van der Waals surface area contributed by atoms with E-state index in [0.717, 1.165) is 5.56 Å². The molecule has 2 atom stereocenters. The fourth-order valence-electron chi connectivity index (χ4n) is 2.70. The molecule has 102 valence electrons. The van der Waals surface area contributed by atoms with Gasteiger partial charge in [-0.05, 0) is 35.6 Å². The van der Waals surface area contributed by atoms with Crippen molar-refractivity contribution in [2.75, 3.05) is 7.11 Å². The van der Waals surface area contributed by atoms with Crippen LogP contribution in [0.4, 0.5) is 4.39 Å². The summed E-state index contributed by atoms with van der Waals surface area (Å²) in [6.07, 6.45) is 0.658. The average Bonchev–Trinajstić information content (AvgIpc) is 2.60. The van der Waals surface area contributed by atoms with E-state index >= 15 is 0 Å². The second kappa shape index (κ2) is 5.11. The SMILES string of the molecule is COC(=O)C1C(=O)C(CC(C)C)c2ccc(F)cc21. The Balaban J connectivity index is 2.48. The van der Waals surface area contributed by atoms with Crippen LogP contribution < -0.4 is 0 Å². The maximum atomic E-state index is 13.4. The van der Waals surface area contributed by atoms with Crippen LogP contribution in [0.5, 0.6) is 0 Å². The van der Waals surface area contributed by atoms with Gasteiger partial charge in [0.1, 0.15) is 11.7 Å². The van der Waals surface area contributed by atoms with Crippen LogP contribution >= 0.6 is 0 Å². The van der Waals surface area contributed by atoms with E-state index in [9.17, 15) is 14.0 Å². The predicted octanol–water partition coefficient (Wildman–Crippen LogP) is 2.79. The number of hydrogen-bond donors (Lipinski definition) is 0. The molecule has 0 saturated carbocycles. The van der Waals surface area contributed by atoms with Gasteiger partial charge in [-0.15, -0.1) is 0 Å². The number of Topliss-reactive ketones (excluding diaryl/α,β-unsaturated/α-hetero) is 1. The molecule has 0 aliphatic heterocycles. The lowest BCUT2D eigenvalue weighted by atomic mass is 9.90. The lowest BCUT2D eigenvalue weighted by molar-refractivity contribution is -0.145. The number of ketones is 1. The molecule has 0 heterocycles. The van der Waals surface area contributed by atoms with Crippen LogP contribution in [0.15, 0.2) is 18.2 Å². The molecule has 3 nitrogen and oxygen atoms in total. The van der Waals surface area contributed by atoms with Crippen molar-refractivity contribution in [1.82, 2.24) is 0 Å². The molecule has 19 heavy (non-hydrogen) atoms. The Labute approximate surface area is 111 Å². The molecule has 1 aliphatic carbocycles. The highest BCUT2D eigenvalue weighted by Crippen LogP contribution is 2.42. The summed E-state index contributed by atoms with van der Waals surface area (Å²) in [7, 11) is 1.24. The number of carbonyl (C=O) groups excluding carboxylic acids is 2. The molecule has 0 aromatic heterocycles. The van der Waals surface area contributed by atoms with Crippen LogP contribution in [-0.2, 0) is 14.3 Å². The molecular formula is C15H17FO3. The fraction of sp³-hybridized carbons (Fsp3) is 0.467. The molecule has 1 aliphatic rings. The standard InChI is InChI=1S/C15H17FO3/c1-8(2)6-12-10-5-4-9(16)7-11(10)13(14(12)17)15(18)19-3/h4-5,7-8,12-13H,6H2,1-3H3. The summed E-state index contributed by atoms with van der Waals surface area (Å²) in [5.41, 5.74) is 1.22. The van der Waals surface area contributed by atoms with E-state index in [1.807, 2.05) is 13.8 Å². The summed E-state index contributed by atoms with van der Waals surface area (Å²) in [5.74, 6) is -2.21. The lowest BCUT2D eigenvalue weighted by Gasteiger charge is -2.13. The van der Waals surface area contributed by atoms with E-state index in [2.05, 4.69) is 4.74 Å². The number of halogens is 1. The van der Waals surface area contributed by atoms with Crippen molar-refractivity contribution in [2.45, 2.75) is 32.1 Å². The van der Waals surface area contributed by atoms with Crippen LogP contribution in [0, 0.1) is 11.7 Å². The largest absolute Gasteiger partial charge is 0.468 e. The molecule has 1 aromatic rings. The van der Waals surface area contributed by atoms with Gasteiger partial charge >= 0.3 is 5.97 Å². The maximum absolute atomic E-state index is 13.4. The molecule has 0 N–H and O–H groups in total. The highest BCUT2D eigenvalue weighted by molar-refractivity contribution is 6.10. The van der Waals surface area contributed by atoms with Crippen molar-refractivity contribution in [3.05, 3.63) is 35.1 Å². The number of hydrogen-bond acceptors (Lipinski definition) is 3. The third-order valence-corrected chi connectivity index (χ3v) is 3.51. The van der Waals surface area contributed by atoms with E-state index in [-0.39, 0.29) is 11.7 Å². The van der Waals surface area contributed by atoms with Gasteiger partial charge in [-0.3, -0.25) is 9.59 Å². The Hall–Kier alpha value is -1.71. The summed E-state index contributed by atoms with van der Waals surface area (Å²) in [4.78, 5) is 24.2. The Kier molecular flexibility index (Phi) is 3.69. The van der Waals surface area contributed by atoms with Gasteiger partial charge in [0, 0.05) is 5.92 Å². The molecule has 1 aromatic carbocycles. The van der Waals surface area contributed by atoms with Crippen LogP contribution in [0.25, 0.3) is 0 Å².